The van der Waals surface area contributed by atoms with Gasteiger partial charge in [0.2, 0.25) is 0 Å². The fourth-order valence-electron chi connectivity index (χ4n) is 3.64. The Morgan fingerprint density at radius 2 is 0.848 bits per heavy atom. The van der Waals surface area contributed by atoms with Crippen LogP contribution in [0.5, 0.6) is 0 Å². The van der Waals surface area contributed by atoms with Gasteiger partial charge in [0, 0.05) is 0 Å². The molecule has 0 bridgehead atoms. The molecule has 0 spiro atoms. The van der Waals surface area contributed by atoms with E-state index in [4.69, 9.17) is 0 Å². The van der Waals surface area contributed by atoms with Crippen molar-refractivity contribution < 1.29 is 16.9 Å². The first kappa shape index (κ1) is 24.9. The van der Waals surface area contributed by atoms with E-state index < -0.39 is 19.5 Å². The summed E-state index contributed by atoms with van der Waals surface area (Å²) in [6.45, 7) is 2.23. The van der Waals surface area contributed by atoms with Gasteiger partial charge in [-0.05, 0) is 45.4 Å². The molecule has 0 N–H and O–H groups in total. The third kappa shape index (κ3) is 7.97. The van der Waals surface area contributed by atoms with Crippen LogP contribution >= 0.6 is 0 Å². The Balaban J connectivity index is 0.000000383. The summed E-state index contributed by atoms with van der Waals surface area (Å²) in [5, 5.41) is 0. The Morgan fingerprint density at radius 1 is 0.485 bits per heavy atom. The molecule has 0 aliphatic carbocycles. The normalized spacial score (nSPS) is 13.3. The Hall–Kier alpha value is -2.72. The van der Waals surface area contributed by atoms with E-state index in [-0.39, 0.29) is 0 Å². The molecule has 7 heteroatoms. The minimum absolute atomic E-state index is 1.01. The van der Waals surface area contributed by atoms with Gasteiger partial charge in [-0.2, -0.15) is 0 Å². The van der Waals surface area contributed by atoms with Crippen LogP contribution in [0.1, 0.15) is 12.5 Å². The zero-order chi connectivity index (χ0) is 24.2. The van der Waals surface area contributed by atoms with Crippen molar-refractivity contribution in [3.05, 3.63) is 109 Å². The van der Waals surface area contributed by atoms with Gasteiger partial charge in [0.1, 0.15) is 0 Å². The van der Waals surface area contributed by atoms with Crippen LogP contribution in [0.2, 0.25) is 0 Å². The molecular formula is C26H22F6Sb-. The minimum atomic E-state index is -11.2. The maximum absolute atomic E-state index is 11.2. The fraction of sp³-hybridized carbons (Fsp3) is 0.0769. The van der Waals surface area contributed by atoms with Crippen molar-refractivity contribution in [3.63, 3.8) is 0 Å². The maximum atomic E-state index is 9.93. The second-order valence-corrected chi connectivity index (χ2v) is 12.9. The standard InChI is InChI=1S/C26H22.6FH.Sb/c1-2-20-18-19-24(21-12-6-3-7-13-21)26(23-16-10-5-11-17-23)25(20)22-14-8-4-9-15-22;;;;;;;/h3-19H,2H2,1H3;6*1H;/q;;;;;;;+5/p-6. The van der Waals surface area contributed by atoms with Gasteiger partial charge in [-0.1, -0.05) is 110 Å². The van der Waals surface area contributed by atoms with Crippen LogP contribution in [0, 0.1) is 0 Å². The summed E-state index contributed by atoms with van der Waals surface area (Å²) in [6, 6.07) is 36.8. The molecule has 0 saturated heterocycles. The SMILES string of the molecule is CCc1ccc(-c2ccccc2)c(-c2ccccc2)c1-c1ccccc1.[F][Sb-]([F])([F])([F])([F])[F]. The average Bonchev–Trinajstić information content (AvgIpc) is 2.78. The van der Waals surface area contributed by atoms with Gasteiger partial charge in [0.05, 0.1) is 0 Å². The Kier molecular flexibility index (Phi) is 6.72. The molecule has 0 unspecified atom stereocenters. The summed E-state index contributed by atoms with van der Waals surface area (Å²) in [5.74, 6) is 0. The second kappa shape index (κ2) is 8.90. The summed E-state index contributed by atoms with van der Waals surface area (Å²) < 4.78 is 59.6. The number of hydrogen-bond donors (Lipinski definition) is 0. The van der Waals surface area contributed by atoms with E-state index in [0.717, 1.165) is 6.42 Å². The number of rotatable bonds is 4. The van der Waals surface area contributed by atoms with Crippen molar-refractivity contribution in [1.29, 1.82) is 0 Å². The van der Waals surface area contributed by atoms with Gasteiger partial charge < -0.3 is 0 Å². The molecule has 0 radical (unpaired) electrons. The first-order valence-electron chi connectivity index (χ1n) is 10.2. The number of aryl methyl sites for hydroxylation is 1. The molecule has 0 saturated carbocycles. The van der Waals surface area contributed by atoms with Crippen molar-refractivity contribution >= 4 is 19.5 Å². The molecule has 0 aliphatic heterocycles. The predicted octanol–water partition coefficient (Wildman–Crippen LogP) is 9.39. The Morgan fingerprint density at radius 3 is 1.24 bits per heavy atom. The monoisotopic (exact) mass is 569 g/mol. The van der Waals surface area contributed by atoms with Crippen molar-refractivity contribution in [1.82, 2.24) is 0 Å². The summed E-state index contributed by atoms with van der Waals surface area (Å²) in [7, 11) is 0. The zero-order valence-electron chi connectivity index (χ0n) is 17.7. The zero-order valence-corrected chi connectivity index (χ0v) is 20.3. The molecule has 33 heavy (non-hydrogen) atoms. The van der Waals surface area contributed by atoms with Crippen molar-refractivity contribution in [2.75, 3.05) is 0 Å². The summed E-state index contributed by atoms with van der Waals surface area (Å²) >= 11 is -11.2. The molecular weight excluding hydrogens is 548 g/mol. The summed E-state index contributed by atoms with van der Waals surface area (Å²) in [5.41, 5.74) is 9.14. The van der Waals surface area contributed by atoms with E-state index in [2.05, 4.69) is 110 Å². The fourth-order valence-corrected chi connectivity index (χ4v) is 3.64. The van der Waals surface area contributed by atoms with E-state index in [9.17, 15) is 16.9 Å². The molecule has 0 aromatic heterocycles. The van der Waals surface area contributed by atoms with Crippen LogP contribution in [0.25, 0.3) is 33.4 Å². The molecule has 174 valence electrons. The van der Waals surface area contributed by atoms with E-state index in [1.807, 2.05) is 0 Å². The van der Waals surface area contributed by atoms with Crippen LogP contribution in [0.3, 0.4) is 0 Å². The van der Waals surface area contributed by atoms with Crippen molar-refractivity contribution in [2.24, 2.45) is 0 Å². The number of halogens is 6. The van der Waals surface area contributed by atoms with Crippen LogP contribution in [0.15, 0.2) is 103 Å². The van der Waals surface area contributed by atoms with Gasteiger partial charge in [-0.25, -0.2) is 0 Å². The van der Waals surface area contributed by atoms with Crippen LogP contribution in [-0.2, 0) is 6.42 Å². The predicted molar refractivity (Wildman–Crippen MR) is 125 cm³/mol. The van der Waals surface area contributed by atoms with Crippen molar-refractivity contribution in [2.45, 2.75) is 13.3 Å². The van der Waals surface area contributed by atoms with Crippen LogP contribution < -0.4 is 0 Å². The molecule has 0 amide bonds. The molecule has 0 atom stereocenters. The second-order valence-electron chi connectivity index (χ2n) is 7.43. The van der Waals surface area contributed by atoms with Gasteiger partial charge in [0.25, 0.3) is 0 Å². The summed E-state index contributed by atoms with van der Waals surface area (Å²) in [4.78, 5) is 0. The van der Waals surface area contributed by atoms with Crippen LogP contribution in [-0.4, -0.2) is 19.5 Å². The Bertz CT molecular complexity index is 1190. The molecule has 0 fully saturated rings. The van der Waals surface area contributed by atoms with E-state index in [1.54, 1.807) is 0 Å². The van der Waals surface area contributed by atoms with Crippen LogP contribution in [0.4, 0.5) is 16.9 Å². The molecule has 0 nitrogen and oxygen atoms in total. The Labute approximate surface area is 191 Å². The van der Waals surface area contributed by atoms with E-state index >= 15 is 0 Å². The molecule has 4 aromatic rings. The summed E-state index contributed by atoms with van der Waals surface area (Å²) in [6.07, 6.45) is 1.01. The molecule has 0 heterocycles. The van der Waals surface area contributed by atoms with Gasteiger partial charge >= 0.3 is 36.4 Å². The van der Waals surface area contributed by atoms with Gasteiger partial charge in [0.15, 0.2) is 0 Å². The van der Waals surface area contributed by atoms with E-state index in [0.29, 0.717) is 0 Å². The molecule has 4 rings (SSSR count). The first-order chi connectivity index (χ1) is 15.3. The van der Waals surface area contributed by atoms with Gasteiger partial charge in [-0.3, -0.25) is 0 Å². The quantitative estimate of drug-likeness (QED) is 0.170. The molecule has 0 aliphatic rings. The number of benzene rings is 4. The average molecular weight is 570 g/mol. The number of hydrogen-bond acceptors (Lipinski definition) is 0. The third-order valence-corrected chi connectivity index (χ3v) is 4.88. The first-order valence-corrected chi connectivity index (χ1v) is 16.0. The van der Waals surface area contributed by atoms with Gasteiger partial charge in [-0.15, -0.1) is 0 Å². The van der Waals surface area contributed by atoms with Crippen molar-refractivity contribution in [3.8, 4) is 33.4 Å². The van der Waals surface area contributed by atoms with E-state index in [1.165, 1.54) is 38.9 Å². The topological polar surface area (TPSA) is 0 Å². The third-order valence-electron chi connectivity index (χ3n) is 4.88. The molecule has 4 aromatic carbocycles.